The van der Waals surface area contributed by atoms with E-state index in [0.717, 1.165) is 11.1 Å². The van der Waals surface area contributed by atoms with Crippen LogP contribution in [0, 0.1) is 5.82 Å². The highest BCUT2D eigenvalue weighted by Gasteiger charge is 2.26. The molecule has 1 aliphatic heterocycles. The van der Waals surface area contributed by atoms with Crippen molar-refractivity contribution in [1.29, 1.82) is 0 Å². The number of benzene rings is 2. The van der Waals surface area contributed by atoms with Crippen LogP contribution < -0.4 is 0 Å². The number of aromatic nitrogens is 3. The van der Waals surface area contributed by atoms with Crippen molar-refractivity contribution in [1.82, 2.24) is 19.7 Å². The number of thioether (sulfide) groups is 1. The summed E-state index contributed by atoms with van der Waals surface area (Å²) in [5.41, 5.74) is 1.87. The van der Waals surface area contributed by atoms with Gasteiger partial charge in [-0.05, 0) is 36.8 Å². The number of carbonyl (C=O) groups is 1. The first kappa shape index (κ1) is 20.6. The zero-order valence-corrected chi connectivity index (χ0v) is 17.5. The number of rotatable bonds is 6. The lowest BCUT2D eigenvalue weighted by atomic mass is 10.2. The zero-order chi connectivity index (χ0) is 20.9. The largest absolute Gasteiger partial charge is 0.378 e. The van der Waals surface area contributed by atoms with Gasteiger partial charge in [-0.2, -0.15) is 0 Å². The van der Waals surface area contributed by atoms with Crippen molar-refractivity contribution in [3.63, 3.8) is 0 Å². The van der Waals surface area contributed by atoms with E-state index in [1.54, 1.807) is 12.1 Å². The maximum atomic E-state index is 13.4. The summed E-state index contributed by atoms with van der Waals surface area (Å²) < 4.78 is 20.7. The molecule has 3 aromatic rings. The van der Waals surface area contributed by atoms with E-state index in [0.29, 0.717) is 43.8 Å². The summed E-state index contributed by atoms with van der Waals surface area (Å²) in [4.78, 5) is 14.7. The number of nitrogens with zero attached hydrogens (tertiary/aromatic N) is 4. The number of ether oxygens (including phenoxy) is 1. The molecular formula is C22H23FN4O2S. The molecule has 1 fully saturated rings. The van der Waals surface area contributed by atoms with E-state index in [1.807, 2.05) is 46.7 Å². The molecule has 4 rings (SSSR count). The van der Waals surface area contributed by atoms with Crippen molar-refractivity contribution in [3.8, 4) is 11.4 Å². The van der Waals surface area contributed by atoms with Crippen LogP contribution in [0.1, 0.15) is 12.5 Å². The van der Waals surface area contributed by atoms with Crippen LogP contribution in [-0.2, 0) is 16.1 Å². The Morgan fingerprint density at radius 3 is 2.50 bits per heavy atom. The lowest BCUT2D eigenvalue weighted by Gasteiger charge is -2.28. The third kappa shape index (κ3) is 4.71. The quantitative estimate of drug-likeness (QED) is 0.565. The van der Waals surface area contributed by atoms with E-state index < -0.39 is 0 Å². The third-order valence-corrected chi connectivity index (χ3v) is 6.02. The monoisotopic (exact) mass is 426 g/mol. The summed E-state index contributed by atoms with van der Waals surface area (Å²) in [5, 5.41) is 9.08. The van der Waals surface area contributed by atoms with Crippen molar-refractivity contribution in [2.24, 2.45) is 0 Å². The van der Waals surface area contributed by atoms with Crippen molar-refractivity contribution in [2.75, 3.05) is 26.3 Å². The molecule has 1 aliphatic rings. The van der Waals surface area contributed by atoms with Gasteiger partial charge in [-0.15, -0.1) is 10.2 Å². The van der Waals surface area contributed by atoms with Gasteiger partial charge >= 0.3 is 0 Å². The first-order valence-electron chi connectivity index (χ1n) is 9.88. The summed E-state index contributed by atoms with van der Waals surface area (Å²) in [7, 11) is 0. The van der Waals surface area contributed by atoms with Crippen molar-refractivity contribution < 1.29 is 13.9 Å². The molecule has 30 heavy (non-hydrogen) atoms. The Hall–Kier alpha value is -2.71. The zero-order valence-electron chi connectivity index (χ0n) is 16.7. The second-order valence-electron chi connectivity index (χ2n) is 7.08. The van der Waals surface area contributed by atoms with Crippen LogP contribution in [0.5, 0.6) is 0 Å². The van der Waals surface area contributed by atoms with Crippen LogP contribution in [0.3, 0.4) is 0 Å². The molecule has 1 saturated heterocycles. The van der Waals surface area contributed by atoms with Gasteiger partial charge in [0.25, 0.3) is 0 Å². The van der Waals surface area contributed by atoms with Gasteiger partial charge in [0, 0.05) is 18.7 Å². The number of halogens is 1. The molecule has 0 saturated carbocycles. The van der Waals surface area contributed by atoms with Crippen molar-refractivity contribution >= 4 is 17.7 Å². The Labute approximate surface area is 179 Å². The SMILES string of the molecule is CC(Sc1nnc(-c2ccc(F)cc2)n1Cc1ccccc1)C(=O)N1CCOCC1. The van der Waals surface area contributed by atoms with E-state index in [1.165, 1.54) is 23.9 Å². The fourth-order valence-corrected chi connectivity index (χ4v) is 4.28. The van der Waals surface area contributed by atoms with Gasteiger partial charge in [0.2, 0.25) is 5.91 Å². The number of hydrogen-bond acceptors (Lipinski definition) is 5. The molecule has 0 aliphatic carbocycles. The number of carbonyl (C=O) groups excluding carboxylic acids is 1. The first-order chi connectivity index (χ1) is 14.6. The van der Waals surface area contributed by atoms with Gasteiger partial charge in [-0.3, -0.25) is 9.36 Å². The van der Waals surface area contributed by atoms with Gasteiger partial charge in [-0.1, -0.05) is 42.1 Å². The molecule has 2 aromatic carbocycles. The highest BCUT2D eigenvalue weighted by molar-refractivity contribution is 8.00. The van der Waals surface area contributed by atoms with E-state index in [-0.39, 0.29) is 17.0 Å². The predicted octanol–water partition coefficient (Wildman–Crippen LogP) is 3.47. The standard InChI is InChI=1S/C22H23FN4O2S/c1-16(21(28)26-11-13-29-14-12-26)30-22-25-24-20(18-7-9-19(23)10-8-18)27(22)15-17-5-3-2-4-6-17/h2-10,16H,11-15H2,1H3. The van der Waals surface area contributed by atoms with Gasteiger partial charge in [-0.25, -0.2) is 4.39 Å². The molecule has 8 heteroatoms. The van der Waals surface area contributed by atoms with Crippen molar-refractivity contribution in [3.05, 3.63) is 66.0 Å². The van der Waals surface area contributed by atoms with E-state index >= 15 is 0 Å². The van der Waals surface area contributed by atoms with Crippen LogP contribution in [0.4, 0.5) is 4.39 Å². The minimum Gasteiger partial charge on any atom is -0.378 e. The Morgan fingerprint density at radius 2 is 1.80 bits per heavy atom. The topological polar surface area (TPSA) is 60.2 Å². The highest BCUT2D eigenvalue weighted by atomic mass is 32.2. The second kappa shape index (κ2) is 9.40. The van der Waals surface area contributed by atoms with Gasteiger partial charge < -0.3 is 9.64 Å². The molecule has 156 valence electrons. The Kier molecular flexibility index (Phi) is 6.44. The molecule has 1 amide bonds. The molecule has 0 bridgehead atoms. The molecule has 0 radical (unpaired) electrons. The van der Waals surface area contributed by atoms with E-state index in [4.69, 9.17) is 4.74 Å². The van der Waals surface area contributed by atoms with Gasteiger partial charge in [0.05, 0.1) is 25.0 Å². The van der Waals surface area contributed by atoms with E-state index in [9.17, 15) is 9.18 Å². The predicted molar refractivity (Wildman–Crippen MR) is 114 cm³/mol. The maximum Gasteiger partial charge on any atom is 0.236 e. The lowest BCUT2D eigenvalue weighted by Crippen LogP contribution is -2.44. The van der Waals surface area contributed by atoms with Crippen LogP contribution >= 0.6 is 11.8 Å². The molecule has 0 spiro atoms. The first-order valence-corrected chi connectivity index (χ1v) is 10.8. The summed E-state index contributed by atoms with van der Waals surface area (Å²) in [6.45, 7) is 4.81. The fourth-order valence-electron chi connectivity index (χ4n) is 3.35. The van der Waals surface area contributed by atoms with Crippen LogP contribution in [0.15, 0.2) is 59.8 Å². The molecule has 2 heterocycles. The normalized spacial score (nSPS) is 15.2. The smallest absolute Gasteiger partial charge is 0.236 e. The minimum atomic E-state index is -0.303. The molecule has 0 N–H and O–H groups in total. The molecule has 1 atom stereocenters. The van der Waals surface area contributed by atoms with E-state index in [2.05, 4.69) is 10.2 Å². The van der Waals surface area contributed by atoms with Gasteiger partial charge in [0.15, 0.2) is 11.0 Å². The molecule has 6 nitrogen and oxygen atoms in total. The minimum absolute atomic E-state index is 0.0703. The summed E-state index contributed by atoms with van der Waals surface area (Å²) in [6, 6.07) is 16.2. The average Bonchev–Trinajstić information content (AvgIpc) is 3.17. The van der Waals surface area contributed by atoms with Crippen molar-refractivity contribution in [2.45, 2.75) is 23.9 Å². The summed E-state index contributed by atoms with van der Waals surface area (Å²) >= 11 is 1.39. The number of amides is 1. The average molecular weight is 427 g/mol. The Morgan fingerprint density at radius 1 is 1.10 bits per heavy atom. The van der Waals surface area contributed by atoms with Gasteiger partial charge in [0.1, 0.15) is 5.82 Å². The molecule has 1 aromatic heterocycles. The highest BCUT2D eigenvalue weighted by Crippen LogP contribution is 2.29. The van der Waals surface area contributed by atoms with Crippen LogP contribution in [0.2, 0.25) is 0 Å². The second-order valence-corrected chi connectivity index (χ2v) is 8.39. The molecule has 1 unspecified atom stereocenters. The summed E-state index contributed by atoms with van der Waals surface area (Å²) in [6.07, 6.45) is 0. The van der Waals surface area contributed by atoms with Crippen LogP contribution in [0.25, 0.3) is 11.4 Å². The fraction of sp³-hybridized carbons (Fsp3) is 0.318. The number of hydrogen-bond donors (Lipinski definition) is 0. The third-order valence-electron chi connectivity index (χ3n) is 4.96. The van der Waals surface area contributed by atoms with Crippen LogP contribution in [-0.4, -0.2) is 57.1 Å². The number of morpholine rings is 1. The summed E-state index contributed by atoms with van der Waals surface area (Å²) in [5.74, 6) is 0.417. The Balaban J connectivity index is 1.61. The lowest BCUT2D eigenvalue weighted by molar-refractivity contribution is -0.134. The Bertz CT molecular complexity index is 988. The maximum absolute atomic E-state index is 13.4. The molecular weight excluding hydrogens is 403 g/mol.